The molecule has 2 rings (SSSR count). The van der Waals surface area contributed by atoms with Gasteiger partial charge < -0.3 is 10.5 Å². The van der Waals surface area contributed by atoms with Crippen molar-refractivity contribution in [3.8, 4) is 11.9 Å². The zero-order valence-corrected chi connectivity index (χ0v) is 9.67. The van der Waals surface area contributed by atoms with Crippen LogP contribution in [0.1, 0.15) is 25.0 Å². The van der Waals surface area contributed by atoms with Gasteiger partial charge >= 0.3 is 0 Å². The zero-order chi connectivity index (χ0) is 12.1. The lowest BCUT2D eigenvalue weighted by Crippen LogP contribution is -2.23. The van der Waals surface area contributed by atoms with Crippen molar-refractivity contribution in [3.63, 3.8) is 0 Å². The second kappa shape index (κ2) is 5.60. The number of ether oxygens (including phenoxy) is 1. The van der Waals surface area contributed by atoms with Gasteiger partial charge in [0.15, 0.2) is 0 Å². The molecule has 1 aromatic heterocycles. The molecule has 0 amide bonds. The van der Waals surface area contributed by atoms with Gasteiger partial charge in [-0.3, -0.25) is 0 Å². The minimum absolute atomic E-state index is 0.245. The Balaban J connectivity index is 1.96. The highest BCUT2D eigenvalue weighted by Crippen LogP contribution is 2.31. The molecule has 0 bridgehead atoms. The number of hydrogen-bond donors (Lipinski definition) is 1. The molecule has 0 aliphatic heterocycles. The molecular formula is C12H16N4O. The molecule has 5 heteroatoms. The average Bonchev–Trinajstić information content (AvgIpc) is 2.84. The Morgan fingerprint density at radius 1 is 1.35 bits per heavy atom. The normalized spacial score (nSPS) is 23.3. The van der Waals surface area contributed by atoms with E-state index >= 15 is 0 Å². The van der Waals surface area contributed by atoms with Gasteiger partial charge in [-0.1, -0.05) is 6.42 Å². The molecule has 90 valence electrons. The molecule has 1 aliphatic rings. The molecule has 2 unspecified atom stereocenters. The number of nitriles is 1. The summed E-state index contributed by atoms with van der Waals surface area (Å²) in [5, 5.41) is 8.86. The lowest BCUT2D eigenvalue weighted by molar-refractivity contribution is 0.209. The predicted octanol–water partition coefficient (Wildman–Crippen LogP) is 1.10. The lowest BCUT2D eigenvalue weighted by Gasteiger charge is -2.17. The predicted molar refractivity (Wildman–Crippen MR) is 62.1 cm³/mol. The van der Waals surface area contributed by atoms with Crippen molar-refractivity contribution in [3.05, 3.63) is 18.1 Å². The Morgan fingerprint density at radius 3 is 2.88 bits per heavy atom. The molecule has 1 aliphatic carbocycles. The highest BCUT2D eigenvalue weighted by Gasteiger charge is 2.26. The fourth-order valence-electron chi connectivity index (χ4n) is 2.34. The highest BCUT2D eigenvalue weighted by molar-refractivity contribution is 5.29. The van der Waals surface area contributed by atoms with Crippen LogP contribution < -0.4 is 10.5 Å². The summed E-state index contributed by atoms with van der Waals surface area (Å²) >= 11 is 0. The van der Waals surface area contributed by atoms with E-state index in [1.165, 1.54) is 25.2 Å². The molecule has 17 heavy (non-hydrogen) atoms. The molecule has 0 spiro atoms. The van der Waals surface area contributed by atoms with E-state index in [1.54, 1.807) is 0 Å². The van der Waals surface area contributed by atoms with Crippen LogP contribution in [-0.2, 0) is 0 Å². The Labute approximate surface area is 101 Å². The summed E-state index contributed by atoms with van der Waals surface area (Å²) in [5.41, 5.74) is 5.96. The van der Waals surface area contributed by atoms with E-state index in [1.807, 2.05) is 6.07 Å². The third kappa shape index (κ3) is 2.71. The summed E-state index contributed by atoms with van der Waals surface area (Å²) in [4.78, 5) is 7.93. The SMILES string of the molecule is N#Cc1nccnc1OCC1CCCC1CN. The minimum atomic E-state index is 0.245. The topological polar surface area (TPSA) is 84.8 Å². The van der Waals surface area contributed by atoms with Crippen LogP contribution in [0.2, 0.25) is 0 Å². The zero-order valence-electron chi connectivity index (χ0n) is 9.67. The van der Waals surface area contributed by atoms with Crippen LogP contribution in [0.5, 0.6) is 5.88 Å². The first-order valence-electron chi connectivity index (χ1n) is 5.89. The van der Waals surface area contributed by atoms with E-state index < -0.39 is 0 Å². The molecule has 1 saturated carbocycles. The van der Waals surface area contributed by atoms with E-state index in [2.05, 4.69) is 9.97 Å². The first-order chi connectivity index (χ1) is 8.35. The second-order valence-electron chi connectivity index (χ2n) is 4.32. The number of nitrogens with zero attached hydrogens (tertiary/aromatic N) is 3. The van der Waals surface area contributed by atoms with Gasteiger partial charge in [0.1, 0.15) is 6.07 Å². The number of rotatable bonds is 4. The lowest BCUT2D eigenvalue weighted by atomic mass is 9.97. The molecule has 0 radical (unpaired) electrons. The minimum Gasteiger partial charge on any atom is -0.475 e. The Kier molecular flexibility index (Phi) is 3.89. The van der Waals surface area contributed by atoms with Gasteiger partial charge in [0.05, 0.1) is 6.61 Å². The average molecular weight is 232 g/mol. The number of nitrogens with two attached hydrogens (primary N) is 1. The van der Waals surface area contributed by atoms with Crippen molar-refractivity contribution in [1.82, 2.24) is 9.97 Å². The molecule has 1 fully saturated rings. The van der Waals surface area contributed by atoms with Crippen LogP contribution >= 0.6 is 0 Å². The summed E-state index contributed by atoms with van der Waals surface area (Å²) < 4.78 is 5.59. The smallest absolute Gasteiger partial charge is 0.251 e. The Morgan fingerprint density at radius 2 is 2.12 bits per heavy atom. The van der Waals surface area contributed by atoms with E-state index in [0.29, 0.717) is 30.9 Å². The fraction of sp³-hybridized carbons (Fsp3) is 0.583. The number of aromatic nitrogens is 2. The quantitative estimate of drug-likeness (QED) is 0.840. The van der Waals surface area contributed by atoms with Crippen molar-refractivity contribution in [2.75, 3.05) is 13.2 Å². The second-order valence-corrected chi connectivity index (χ2v) is 4.32. The number of hydrogen-bond acceptors (Lipinski definition) is 5. The maximum atomic E-state index is 8.86. The third-order valence-electron chi connectivity index (χ3n) is 3.32. The maximum Gasteiger partial charge on any atom is 0.251 e. The molecule has 1 aromatic rings. The van der Waals surface area contributed by atoms with Gasteiger partial charge in [-0.25, -0.2) is 9.97 Å². The molecule has 2 N–H and O–H groups in total. The van der Waals surface area contributed by atoms with Crippen LogP contribution in [0.3, 0.4) is 0 Å². The van der Waals surface area contributed by atoms with Crippen LogP contribution in [0, 0.1) is 23.2 Å². The van der Waals surface area contributed by atoms with Crippen molar-refractivity contribution < 1.29 is 4.74 Å². The van der Waals surface area contributed by atoms with Crippen LogP contribution in [-0.4, -0.2) is 23.1 Å². The van der Waals surface area contributed by atoms with E-state index in [0.717, 1.165) is 6.42 Å². The largest absolute Gasteiger partial charge is 0.475 e. The van der Waals surface area contributed by atoms with Gasteiger partial charge in [0.25, 0.3) is 5.88 Å². The Hall–Kier alpha value is -1.67. The molecular weight excluding hydrogens is 216 g/mol. The van der Waals surface area contributed by atoms with Gasteiger partial charge in [-0.05, 0) is 31.2 Å². The standard InChI is InChI=1S/C12H16N4O/c13-6-9-2-1-3-10(9)8-17-12-11(7-14)15-4-5-16-12/h4-5,9-10H,1-3,6,8,13H2. The summed E-state index contributed by atoms with van der Waals surface area (Å²) in [5.74, 6) is 1.35. The molecule has 0 saturated heterocycles. The summed E-state index contributed by atoms with van der Waals surface area (Å²) in [6.45, 7) is 1.29. The van der Waals surface area contributed by atoms with Crippen molar-refractivity contribution in [2.24, 2.45) is 17.6 Å². The van der Waals surface area contributed by atoms with Crippen LogP contribution in [0.4, 0.5) is 0 Å². The molecule has 5 nitrogen and oxygen atoms in total. The Bertz CT molecular complexity index is 415. The van der Waals surface area contributed by atoms with Gasteiger partial charge in [-0.2, -0.15) is 5.26 Å². The monoisotopic (exact) mass is 232 g/mol. The summed E-state index contributed by atoms with van der Waals surface area (Å²) in [6, 6.07) is 1.97. The first kappa shape index (κ1) is 11.8. The van der Waals surface area contributed by atoms with E-state index in [4.69, 9.17) is 15.7 Å². The van der Waals surface area contributed by atoms with Gasteiger partial charge in [0.2, 0.25) is 5.69 Å². The van der Waals surface area contributed by atoms with Gasteiger partial charge in [-0.15, -0.1) is 0 Å². The van der Waals surface area contributed by atoms with Crippen molar-refractivity contribution >= 4 is 0 Å². The van der Waals surface area contributed by atoms with E-state index in [-0.39, 0.29) is 5.69 Å². The van der Waals surface area contributed by atoms with Gasteiger partial charge in [0, 0.05) is 12.4 Å². The van der Waals surface area contributed by atoms with E-state index in [9.17, 15) is 0 Å². The van der Waals surface area contributed by atoms with Crippen LogP contribution in [0.15, 0.2) is 12.4 Å². The summed E-state index contributed by atoms with van der Waals surface area (Å²) in [6.07, 6.45) is 6.55. The summed E-state index contributed by atoms with van der Waals surface area (Å²) in [7, 11) is 0. The third-order valence-corrected chi connectivity index (χ3v) is 3.32. The maximum absolute atomic E-state index is 8.86. The molecule has 1 heterocycles. The highest BCUT2D eigenvalue weighted by atomic mass is 16.5. The van der Waals surface area contributed by atoms with Crippen molar-refractivity contribution in [1.29, 1.82) is 5.26 Å². The first-order valence-corrected chi connectivity index (χ1v) is 5.89. The molecule has 0 aromatic carbocycles. The fourth-order valence-corrected chi connectivity index (χ4v) is 2.34. The van der Waals surface area contributed by atoms with Crippen molar-refractivity contribution in [2.45, 2.75) is 19.3 Å². The molecule has 2 atom stereocenters. The van der Waals surface area contributed by atoms with Crippen LogP contribution in [0.25, 0.3) is 0 Å².